The minimum absolute atomic E-state index is 0.306. The molecule has 0 spiro atoms. The van der Waals surface area contributed by atoms with Gasteiger partial charge in [-0.3, -0.25) is 0 Å². The standard InChI is InChI=1S/C12H17NO2/c1-8(2)12(13)9-3-4-10-11(7-9)15-6-5-14-10/h3-4,7-8,12H,5-6,13H2,1-2H3/p+1/t12-/m0/s1. The maximum atomic E-state index is 5.54. The average Bonchev–Trinajstić information content (AvgIpc) is 2.27. The lowest BCUT2D eigenvalue weighted by Gasteiger charge is -2.20. The quantitative estimate of drug-likeness (QED) is 0.798. The molecule has 0 amide bonds. The Balaban J connectivity index is 2.27. The maximum Gasteiger partial charge on any atom is 0.161 e. The van der Waals surface area contributed by atoms with Crippen molar-refractivity contribution in [1.29, 1.82) is 0 Å². The Morgan fingerprint density at radius 2 is 1.80 bits per heavy atom. The molecule has 0 fully saturated rings. The second-order valence-electron chi connectivity index (χ2n) is 4.25. The van der Waals surface area contributed by atoms with E-state index in [4.69, 9.17) is 9.47 Å². The van der Waals surface area contributed by atoms with Crippen molar-refractivity contribution in [2.45, 2.75) is 19.9 Å². The van der Waals surface area contributed by atoms with Crippen molar-refractivity contribution >= 4 is 0 Å². The molecule has 1 aliphatic rings. The summed E-state index contributed by atoms with van der Waals surface area (Å²) >= 11 is 0. The summed E-state index contributed by atoms with van der Waals surface area (Å²) in [5.74, 6) is 2.24. The molecule has 1 atom stereocenters. The van der Waals surface area contributed by atoms with Crippen LogP contribution in [0.4, 0.5) is 0 Å². The lowest BCUT2D eigenvalue weighted by atomic mass is 9.97. The van der Waals surface area contributed by atoms with Crippen LogP contribution in [0.25, 0.3) is 0 Å². The van der Waals surface area contributed by atoms with E-state index >= 15 is 0 Å². The Morgan fingerprint density at radius 1 is 1.13 bits per heavy atom. The van der Waals surface area contributed by atoms with Crippen LogP contribution in [0.15, 0.2) is 18.2 Å². The Hall–Kier alpha value is -1.22. The highest BCUT2D eigenvalue weighted by Gasteiger charge is 2.18. The summed E-state index contributed by atoms with van der Waals surface area (Å²) in [7, 11) is 0. The molecule has 1 aliphatic heterocycles. The summed E-state index contributed by atoms with van der Waals surface area (Å²) in [6.07, 6.45) is 0. The molecule has 82 valence electrons. The van der Waals surface area contributed by atoms with Gasteiger partial charge in [-0.05, 0) is 18.2 Å². The zero-order valence-electron chi connectivity index (χ0n) is 9.32. The van der Waals surface area contributed by atoms with Crippen molar-refractivity contribution in [3.63, 3.8) is 0 Å². The molecule has 2 rings (SSSR count). The molecular weight excluding hydrogens is 190 g/mol. The molecule has 0 saturated heterocycles. The predicted octanol–water partition coefficient (Wildman–Crippen LogP) is 1.40. The Morgan fingerprint density at radius 3 is 2.47 bits per heavy atom. The fourth-order valence-electron chi connectivity index (χ4n) is 1.68. The summed E-state index contributed by atoms with van der Waals surface area (Å²) in [6.45, 7) is 5.63. The number of hydrogen-bond donors (Lipinski definition) is 1. The highest BCUT2D eigenvalue weighted by molar-refractivity contribution is 5.44. The molecule has 3 nitrogen and oxygen atoms in total. The molecule has 0 aliphatic carbocycles. The molecular formula is C12H18NO2+. The minimum atomic E-state index is 0.306. The number of quaternary nitrogens is 1. The van der Waals surface area contributed by atoms with Gasteiger partial charge in [0.15, 0.2) is 11.5 Å². The number of fused-ring (bicyclic) bond motifs is 1. The topological polar surface area (TPSA) is 46.1 Å². The zero-order chi connectivity index (χ0) is 10.8. The van der Waals surface area contributed by atoms with Gasteiger partial charge >= 0.3 is 0 Å². The van der Waals surface area contributed by atoms with Gasteiger partial charge in [-0.2, -0.15) is 0 Å². The lowest BCUT2D eigenvalue weighted by Crippen LogP contribution is -2.55. The number of ether oxygens (including phenoxy) is 2. The summed E-state index contributed by atoms with van der Waals surface area (Å²) in [6, 6.07) is 6.41. The third kappa shape index (κ3) is 2.07. The minimum Gasteiger partial charge on any atom is -0.486 e. The van der Waals surface area contributed by atoms with Crippen molar-refractivity contribution in [2.24, 2.45) is 5.92 Å². The molecule has 1 aromatic rings. The van der Waals surface area contributed by atoms with E-state index in [0.29, 0.717) is 25.2 Å². The van der Waals surface area contributed by atoms with Gasteiger partial charge in [0.05, 0.1) is 0 Å². The van der Waals surface area contributed by atoms with E-state index in [-0.39, 0.29) is 0 Å². The summed E-state index contributed by atoms with van der Waals surface area (Å²) in [5.41, 5.74) is 5.38. The van der Waals surface area contributed by atoms with E-state index in [1.54, 1.807) is 0 Å². The molecule has 3 heteroatoms. The smallest absolute Gasteiger partial charge is 0.161 e. The Labute approximate surface area is 90.2 Å². The SMILES string of the molecule is CC(C)[C@H]([NH3+])c1ccc2c(c1)OCCO2. The highest BCUT2D eigenvalue weighted by atomic mass is 16.6. The van der Waals surface area contributed by atoms with Crippen LogP contribution in [0.1, 0.15) is 25.5 Å². The largest absolute Gasteiger partial charge is 0.486 e. The second-order valence-corrected chi connectivity index (χ2v) is 4.25. The third-order valence-corrected chi connectivity index (χ3v) is 2.80. The Kier molecular flexibility index (Phi) is 2.82. The van der Waals surface area contributed by atoms with E-state index in [0.717, 1.165) is 11.5 Å². The fourth-order valence-corrected chi connectivity index (χ4v) is 1.68. The molecule has 0 saturated carbocycles. The van der Waals surface area contributed by atoms with Gasteiger partial charge in [0.2, 0.25) is 0 Å². The third-order valence-electron chi connectivity index (χ3n) is 2.80. The average molecular weight is 208 g/mol. The van der Waals surface area contributed by atoms with Gasteiger partial charge in [0.1, 0.15) is 19.3 Å². The van der Waals surface area contributed by atoms with Crippen LogP contribution in [0.5, 0.6) is 11.5 Å². The van der Waals surface area contributed by atoms with Gasteiger partial charge in [-0.1, -0.05) is 13.8 Å². The fraction of sp³-hybridized carbons (Fsp3) is 0.500. The van der Waals surface area contributed by atoms with Crippen molar-refractivity contribution in [3.05, 3.63) is 23.8 Å². The summed E-state index contributed by atoms with van der Waals surface area (Å²) in [4.78, 5) is 0. The van der Waals surface area contributed by atoms with Gasteiger partial charge in [-0.15, -0.1) is 0 Å². The van der Waals surface area contributed by atoms with Crippen LogP contribution >= 0.6 is 0 Å². The number of hydrogen-bond acceptors (Lipinski definition) is 2. The molecule has 15 heavy (non-hydrogen) atoms. The first kappa shape index (κ1) is 10.3. The van der Waals surface area contributed by atoms with Gasteiger partial charge < -0.3 is 15.2 Å². The van der Waals surface area contributed by atoms with Crippen LogP contribution in [0.3, 0.4) is 0 Å². The zero-order valence-corrected chi connectivity index (χ0v) is 9.32. The first-order valence-corrected chi connectivity index (χ1v) is 5.41. The maximum absolute atomic E-state index is 5.54. The summed E-state index contributed by atoms with van der Waals surface area (Å²) in [5, 5.41) is 0. The number of rotatable bonds is 2. The van der Waals surface area contributed by atoms with Crippen LogP contribution in [-0.2, 0) is 0 Å². The van der Waals surface area contributed by atoms with Crippen molar-refractivity contribution < 1.29 is 15.2 Å². The van der Waals surface area contributed by atoms with Crippen LogP contribution in [0, 0.1) is 5.92 Å². The molecule has 3 N–H and O–H groups in total. The molecule has 1 aromatic carbocycles. The second kappa shape index (κ2) is 4.11. The molecule has 0 aromatic heterocycles. The van der Waals surface area contributed by atoms with E-state index in [2.05, 4.69) is 25.6 Å². The molecule has 1 heterocycles. The summed E-state index contributed by atoms with van der Waals surface area (Å²) < 4.78 is 11.0. The van der Waals surface area contributed by atoms with Gasteiger partial charge in [-0.25, -0.2) is 0 Å². The van der Waals surface area contributed by atoms with Crippen LogP contribution < -0.4 is 15.2 Å². The van der Waals surface area contributed by atoms with E-state index in [9.17, 15) is 0 Å². The van der Waals surface area contributed by atoms with Gasteiger partial charge in [0, 0.05) is 11.5 Å². The number of benzene rings is 1. The first-order valence-electron chi connectivity index (χ1n) is 5.41. The van der Waals surface area contributed by atoms with E-state index < -0.39 is 0 Å². The van der Waals surface area contributed by atoms with Gasteiger partial charge in [0.25, 0.3) is 0 Å². The highest BCUT2D eigenvalue weighted by Crippen LogP contribution is 2.32. The van der Waals surface area contributed by atoms with Crippen LogP contribution in [0.2, 0.25) is 0 Å². The van der Waals surface area contributed by atoms with E-state index in [1.165, 1.54) is 5.56 Å². The van der Waals surface area contributed by atoms with Crippen LogP contribution in [-0.4, -0.2) is 13.2 Å². The van der Waals surface area contributed by atoms with Crippen molar-refractivity contribution in [3.8, 4) is 11.5 Å². The molecule has 0 radical (unpaired) electrons. The molecule has 0 bridgehead atoms. The monoisotopic (exact) mass is 208 g/mol. The normalized spacial score (nSPS) is 16.5. The predicted molar refractivity (Wildman–Crippen MR) is 57.9 cm³/mol. The van der Waals surface area contributed by atoms with Crippen molar-refractivity contribution in [2.75, 3.05) is 13.2 Å². The van der Waals surface area contributed by atoms with E-state index in [1.807, 2.05) is 12.1 Å². The van der Waals surface area contributed by atoms with Crippen molar-refractivity contribution in [1.82, 2.24) is 0 Å². The lowest BCUT2D eigenvalue weighted by molar-refractivity contribution is -0.438. The first-order chi connectivity index (χ1) is 7.18. The molecule has 0 unspecified atom stereocenters. The Bertz CT molecular complexity index is 349.